The van der Waals surface area contributed by atoms with E-state index in [1.54, 1.807) is 0 Å². The van der Waals surface area contributed by atoms with Gasteiger partial charge in [0.25, 0.3) is 17.7 Å². The minimum atomic E-state index is -3.17. The Labute approximate surface area is 87.3 Å². The van der Waals surface area contributed by atoms with Gasteiger partial charge in [0.2, 0.25) is 0 Å². The third-order valence-corrected chi connectivity index (χ3v) is 1.89. The number of hydrogen-bond donors (Lipinski definition) is 1. The predicted molar refractivity (Wildman–Crippen MR) is 48.0 cm³/mol. The number of pyridine rings is 1. The van der Waals surface area contributed by atoms with Gasteiger partial charge in [0.15, 0.2) is 0 Å². The third-order valence-electron chi connectivity index (χ3n) is 1.89. The monoisotopic (exact) mass is 229 g/mol. The molecule has 0 bridgehead atoms. The Hall–Kier alpha value is -2.30. The number of aromatic amines is 1. The molecule has 6 nitrogen and oxygen atoms in total. The minimum Gasteiger partial charge on any atom is -0.322 e. The zero-order valence-electron chi connectivity index (χ0n) is 7.74. The molecule has 0 aliphatic rings. The van der Waals surface area contributed by atoms with Crippen LogP contribution in [0.1, 0.15) is 17.6 Å². The second-order valence-electron chi connectivity index (χ2n) is 2.79. The van der Waals surface area contributed by atoms with Gasteiger partial charge in [-0.05, 0) is 0 Å². The lowest BCUT2D eigenvalue weighted by Gasteiger charge is -2.05. The summed E-state index contributed by atoms with van der Waals surface area (Å²) >= 11 is 0. The van der Waals surface area contributed by atoms with Crippen molar-refractivity contribution in [2.75, 3.05) is 0 Å². The van der Waals surface area contributed by atoms with Crippen LogP contribution in [0.15, 0.2) is 11.0 Å². The summed E-state index contributed by atoms with van der Waals surface area (Å²) in [7, 11) is 0. The van der Waals surface area contributed by atoms with Crippen LogP contribution in [0.25, 0.3) is 0 Å². The molecule has 0 saturated heterocycles. The van der Waals surface area contributed by atoms with Gasteiger partial charge >= 0.3 is 0 Å². The van der Waals surface area contributed by atoms with Gasteiger partial charge < -0.3 is 4.98 Å². The molecule has 0 aliphatic carbocycles. The summed E-state index contributed by atoms with van der Waals surface area (Å²) in [6.07, 6.45) is -3.17. The summed E-state index contributed by atoms with van der Waals surface area (Å²) in [5, 5.41) is 18.8. The number of nitrogens with one attached hydrogen (secondary N) is 1. The molecule has 16 heavy (non-hydrogen) atoms. The van der Waals surface area contributed by atoms with Gasteiger partial charge in [0.05, 0.1) is 23.6 Å². The van der Waals surface area contributed by atoms with Gasteiger partial charge in [-0.15, -0.1) is 0 Å². The van der Waals surface area contributed by atoms with Crippen LogP contribution in [0.5, 0.6) is 0 Å². The van der Waals surface area contributed by atoms with E-state index < -0.39 is 40.1 Å². The Bertz CT molecular complexity index is 518. The average Bonchev–Trinajstić information content (AvgIpc) is 2.20. The number of rotatable bonds is 3. The van der Waals surface area contributed by atoms with Crippen molar-refractivity contribution in [1.29, 1.82) is 5.26 Å². The molecule has 1 heterocycles. The molecule has 0 saturated carbocycles. The van der Waals surface area contributed by atoms with E-state index in [2.05, 4.69) is 0 Å². The molecule has 0 spiro atoms. The molecule has 0 aliphatic heterocycles. The molecule has 1 aromatic heterocycles. The van der Waals surface area contributed by atoms with Crippen molar-refractivity contribution < 1.29 is 13.7 Å². The maximum atomic E-state index is 12.6. The maximum absolute atomic E-state index is 12.6. The normalized spacial score (nSPS) is 10.1. The average molecular weight is 229 g/mol. The van der Waals surface area contributed by atoms with Crippen LogP contribution in [0, 0.1) is 21.4 Å². The molecule has 0 fully saturated rings. The fourth-order valence-corrected chi connectivity index (χ4v) is 1.22. The summed E-state index contributed by atoms with van der Waals surface area (Å²) in [5.74, 6) is 0. The summed E-state index contributed by atoms with van der Waals surface area (Å²) in [4.78, 5) is 22.5. The Balaban J connectivity index is 3.57. The zero-order valence-corrected chi connectivity index (χ0v) is 7.74. The van der Waals surface area contributed by atoms with Crippen molar-refractivity contribution in [3.63, 3.8) is 0 Å². The van der Waals surface area contributed by atoms with Crippen molar-refractivity contribution in [2.45, 2.75) is 12.8 Å². The third kappa shape index (κ3) is 2.03. The number of hydrogen-bond acceptors (Lipinski definition) is 4. The van der Waals surface area contributed by atoms with E-state index in [0.29, 0.717) is 6.20 Å². The maximum Gasteiger partial charge on any atom is 0.294 e. The standard InChI is InChI=1S/C8H5F2N3O3/c9-7(10)6-4(1-2-11)8(14)12-3-5(6)13(15)16/h3,7H,1H2,(H,12,14). The van der Waals surface area contributed by atoms with Crippen molar-refractivity contribution >= 4 is 5.69 Å². The molecule has 8 heteroatoms. The highest BCUT2D eigenvalue weighted by Crippen LogP contribution is 2.29. The quantitative estimate of drug-likeness (QED) is 0.623. The number of nitro groups is 1. The van der Waals surface area contributed by atoms with Gasteiger partial charge in [-0.3, -0.25) is 14.9 Å². The Kier molecular flexibility index (Phi) is 3.30. The summed E-state index contributed by atoms with van der Waals surface area (Å²) < 4.78 is 25.2. The number of H-pyrrole nitrogens is 1. The first kappa shape index (κ1) is 11.8. The van der Waals surface area contributed by atoms with Gasteiger partial charge in [0, 0.05) is 5.56 Å². The van der Waals surface area contributed by atoms with Crippen molar-refractivity contribution in [3.05, 3.63) is 37.8 Å². The first-order chi connectivity index (χ1) is 7.49. The van der Waals surface area contributed by atoms with Crippen molar-refractivity contribution in [3.8, 4) is 6.07 Å². The number of nitriles is 1. The Morgan fingerprint density at radius 2 is 2.25 bits per heavy atom. The van der Waals surface area contributed by atoms with Crippen LogP contribution in [0.2, 0.25) is 0 Å². The van der Waals surface area contributed by atoms with Gasteiger partial charge in [-0.2, -0.15) is 5.26 Å². The number of nitrogens with zero attached hydrogens (tertiary/aromatic N) is 2. The first-order valence-corrected chi connectivity index (χ1v) is 4.03. The van der Waals surface area contributed by atoms with Gasteiger partial charge in [-0.25, -0.2) is 8.78 Å². The summed E-state index contributed by atoms with van der Waals surface area (Å²) in [5.41, 5.74) is -3.36. The molecule has 0 radical (unpaired) electrons. The van der Waals surface area contributed by atoms with Crippen LogP contribution in [-0.2, 0) is 6.42 Å². The van der Waals surface area contributed by atoms with Gasteiger partial charge in [0.1, 0.15) is 5.56 Å². The first-order valence-electron chi connectivity index (χ1n) is 4.03. The lowest BCUT2D eigenvalue weighted by molar-refractivity contribution is -0.386. The van der Waals surface area contributed by atoms with Crippen LogP contribution in [0.4, 0.5) is 14.5 Å². The second kappa shape index (κ2) is 4.48. The van der Waals surface area contributed by atoms with E-state index in [4.69, 9.17) is 5.26 Å². The van der Waals surface area contributed by atoms with E-state index in [1.807, 2.05) is 4.98 Å². The molecule has 0 unspecified atom stereocenters. The van der Waals surface area contributed by atoms with Crippen molar-refractivity contribution in [2.24, 2.45) is 0 Å². The van der Waals surface area contributed by atoms with E-state index in [0.717, 1.165) is 0 Å². The largest absolute Gasteiger partial charge is 0.322 e. The van der Waals surface area contributed by atoms with Crippen molar-refractivity contribution in [1.82, 2.24) is 4.98 Å². The molecule has 0 aromatic carbocycles. The molecule has 0 atom stereocenters. The fraction of sp³-hybridized carbons (Fsp3) is 0.250. The molecular formula is C8H5F2N3O3. The van der Waals surface area contributed by atoms with E-state index in [1.165, 1.54) is 6.07 Å². The van der Waals surface area contributed by atoms with E-state index in [9.17, 15) is 23.7 Å². The lowest BCUT2D eigenvalue weighted by Crippen LogP contribution is -2.17. The van der Waals surface area contributed by atoms with E-state index >= 15 is 0 Å². The molecule has 84 valence electrons. The zero-order chi connectivity index (χ0) is 12.3. The summed E-state index contributed by atoms with van der Waals surface area (Å²) in [6.45, 7) is 0. The van der Waals surface area contributed by atoms with Crippen LogP contribution in [0.3, 0.4) is 0 Å². The lowest BCUT2D eigenvalue weighted by atomic mass is 10.1. The molecule has 1 rings (SSSR count). The van der Waals surface area contributed by atoms with Crippen LogP contribution >= 0.6 is 0 Å². The Morgan fingerprint density at radius 1 is 1.62 bits per heavy atom. The number of aromatic nitrogens is 1. The number of halogens is 2. The molecule has 0 amide bonds. The van der Waals surface area contributed by atoms with Gasteiger partial charge in [-0.1, -0.05) is 0 Å². The van der Waals surface area contributed by atoms with E-state index in [-0.39, 0.29) is 0 Å². The van der Waals surface area contributed by atoms with Crippen LogP contribution in [-0.4, -0.2) is 9.91 Å². The number of alkyl halides is 2. The van der Waals surface area contributed by atoms with Crippen LogP contribution < -0.4 is 5.56 Å². The topological polar surface area (TPSA) is 99.8 Å². The molecule has 1 N–H and O–H groups in total. The summed E-state index contributed by atoms with van der Waals surface area (Å²) in [6, 6.07) is 1.51. The molecular weight excluding hydrogens is 224 g/mol. The molecule has 1 aromatic rings. The highest BCUT2D eigenvalue weighted by molar-refractivity contribution is 5.44. The SMILES string of the molecule is N#CCc1c(C(F)F)c([N+](=O)[O-])c[nH]c1=O. The second-order valence-corrected chi connectivity index (χ2v) is 2.79. The fourth-order valence-electron chi connectivity index (χ4n) is 1.22. The smallest absolute Gasteiger partial charge is 0.294 e. The minimum absolute atomic E-state index is 0.563. The predicted octanol–water partition coefficient (Wildman–Crippen LogP) is 1.29. The highest BCUT2D eigenvalue weighted by Gasteiger charge is 2.27. The Morgan fingerprint density at radius 3 is 2.69 bits per heavy atom. The highest BCUT2D eigenvalue weighted by atomic mass is 19.3.